The number of benzene rings is 1. The average molecular weight is 371 g/mol. The van der Waals surface area contributed by atoms with Gasteiger partial charge in [0.2, 0.25) is 0 Å². The Morgan fingerprint density at radius 2 is 2.23 bits per heavy atom. The van der Waals surface area contributed by atoms with Gasteiger partial charge in [0.1, 0.15) is 5.82 Å². The number of piperidine rings is 1. The Kier molecular flexibility index (Phi) is 6.83. The fourth-order valence-electron chi connectivity index (χ4n) is 2.90. The average Bonchev–Trinajstić information content (AvgIpc) is 2.51. The number of nitrogens with one attached hydrogen (secondary N) is 1. The summed E-state index contributed by atoms with van der Waals surface area (Å²) in [5.41, 5.74) is 0.0963. The highest BCUT2D eigenvalue weighted by Gasteiger charge is 2.17. The van der Waals surface area contributed by atoms with Crippen molar-refractivity contribution in [1.82, 2.24) is 10.2 Å². The molecule has 122 valence electrons. The molecule has 0 unspecified atom stereocenters. The summed E-state index contributed by atoms with van der Waals surface area (Å²) in [5.74, 6) is -0.826. The van der Waals surface area contributed by atoms with Crippen LogP contribution in [-0.2, 0) is 0 Å². The highest BCUT2D eigenvalue weighted by molar-refractivity contribution is 9.10. The molecule has 0 saturated carbocycles. The number of likely N-dealkylation sites (tertiary alicyclic amines) is 1. The van der Waals surface area contributed by atoms with Crippen molar-refractivity contribution in [1.29, 1.82) is 0 Å². The first kappa shape index (κ1) is 17.4. The van der Waals surface area contributed by atoms with Gasteiger partial charge in [0.25, 0.3) is 5.91 Å². The van der Waals surface area contributed by atoms with Crippen LogP contribution in [0.1, 0.15) is 49.4 Å². The van der Waals surface area contributed by atoms with E-state index in [0.717, 1.165) is 19.4 Å². The molecule has 2 rings (SSSR count). The minimum atomic E-state index is -0.483. The third kappa shape index (κ3) is 5.06. The number of hydrogen-bond acceptors (Lipinski definition) is 2. The van der Waals surface area contributed by atoms with Gasteiger partial charge in [-0.25, -0.2) is 4.39 Å². The van der Waals surface area contributed by atoms with E-state index >= 15 is 0 Å². The van der Waals surface area contributed by atoms with Gasteiger partial charge in [-0.05, 0) is 63.9 Å². The Bertz CT molecular complexity index is 509. The standard InChI is InChI=1S/C17H24BrFN2O/c1-13-6-2-4-10-21(13)11-5-3-9-20-17(22)15-12-14(18)7-8-16(15)19/h7-8,12-13H,2-6,9-11H2,1H3,(H,20,22)/t13-/m0/s1. The van der Waals surface area contributed by atoms with E-state index in [4.69, 9.17) is 0 Å². The summed E-state index contributed by atoms with van der Waals surface area (Å²) in [6.07, 6.45) is 5.91. The van der Waals surface area contributed by atoms with Crippen molar-refractivity contribution < 1.29 is 9.18 Å². The van der Waals surface area contributed by atoms with Gasteiger partial charge in [0.15, 0.2) is 0 Å². The van der Waals surface area contributed by atoms with Crippen LogP contribution < -0.4 is 5.32 Å². The minimum absolute atomic E-state index is 0.0963. The van der Waals surface area contributed by atoms with Gasteiger partial charge in [0, 0.05) is 17.1 Å². The molecule has 1 aliphatic rings. The zero-order chi connectivity index (χ0) is 15.9. The summed E-state index contributed by atoms with van der Waals surface area (Å²) in [4.78, 5) is 14.5. The third-order valence-corrected chi connectivity index (χ3v) is 4.76. The van der Waals surface area contributed by atoms with Gasteiger partial charge >= 0.3 is 0 Å². The molecule has 0 spiro atoms. The smallest absolute Gasteiger partial charge is 0.254 e. The SMILES string of the molecule is C[C@H]1CCCCN1CCCCNC(=O)c1cc(Br)ccc1F. The Labute approximate surface area is 140 Å². The lowest BCUT2D eigenvalue weighted by Crippen LogP contribution is -2.38. The molecule has 5 heteroatoms. The maximum Gasteiger partial charge on any atom is 0.254 e. The van der Waals surface area contributed by atoms with Gasteiger partial charge in [-0.1, -0.05) is 22.4 Å². The summed E-state index contributed by atoms with van der Waals surface area (Å²) in [5, 5.41) is 2.80. The summed E-state index contributed by atoms with van der Waals surface area (Å²) >= 11 is 3.26. The number of nitrogens with zero attached hydrogens (tertiary/aromatic N) is 1. The molecule has 1 fully saturated rings. The van der Waals surface area contributed by atoms with E-state index in [2.05, 4.69) is 33.1 Å². The predicted octanol–water partition coefficient (Wildman–Crippen LogP) is 3.97. The number of carbonyl (C=O) groups excluding carboxylic acids is 1. The summed E-state index contributed by atoms with van der Waals surface area (Å²) in [6.45, 7) is 5.16. The summed E-state index contributed by atoms with van der Waals surface area (Å²) in [7, 11) is 0. The number of halogens is 2. The number of rotatable bonds is 6. The van der Waals surface area contributed by atoms with Gasteiger partial charge in [-0.15, -0.1) is 0 Å². The first-order valence-electron chi connectivity index (χ1n) is 8.05. The van der Waals surface area contributed by atoms with Crippen molar-refractivity contribution in [2.75, 3.05) is 19.6 Å². The topological polar surface area (TPSA) is 32.3 Å². The Morgan fingerprint density at radius 3 is 3.00 bits per heavy atom. The molecule has 0 bridgehead atoms. The van der Waals surface area contributed by atoms with E-state index in [1.54, 1.807) is 6.07 Å². The second kappa shape index (κ2) is 8.63. The van der Waals surface area contributed by atoms with Gasteiger partial charge in [-0.3, -0.25) is 4.79 Å². The largest absolute Gasteiger partial charge is 0.352 e. The van der Waals surface area contributed by atoms with E-state index in [1.165, 1.54) is 37.9 Å². The second-order valence-corrected chi connectivity index (χ2v) is 6.88. The van der Waals surface area contributed by atoms with Crippen LogP contribution in [0.4, 0.5) is 4.39 Å². The zero-order valence-electron chi connectivity index (χ0n) is 13.1. The molecule has 0 radical (unpaired) electrons. The Balaban J connectivity index is 1.68. The molecule has 1 heterocycles. The highest BCUT2D eigenvalue weighted by atomic mass is 79.9. The third-order valence-electron chi connectivity index (χ3n) is 4.27. The quantitative estimate of drug-likeness (QED) is 0.768. The molecule has 0 aromatic heterocycles. The van der Waals surface area contributed by atoms with Crippen LogP contribution in [0.5, 0.6) is 0 Å². The summed E-state index contributed by atoms with van der Waals surface area (Å²) in [6, 6.07) is 5.09. The normalized spacial score (nSPS) is 19.1. The maximum atomic E-state index is 13.6. The van der Waals surface area contributed by atoms with Crippen molar-refractivity contribution in [3.05, 3.63) is 34.1 Å². The molecular formula is C17H24BrFN2O. The molecule has 22 heavy (non-hydrogen) atoms. The fourth-order valence-corrected chi connectivity index (χ4v) is 3.26. The Morgan fingerprint density at radius 1 is 1.41 bits per heavy atom. The van der Waals surface area contributed by atoms with E-state index in [-0.39, 0.29) is 11.5 Å². The molecule has 1 atom stereocenters. The minimum Gasteiger partial charge on any atom is -0.352 e. The van der Waals surface area contributed by atoms with Crippen molar-refractivity contribution in [2.24, 2.45) is 0 Å². The van der Waals surface area contributed by atoms with Crippen LogP contribution in [0.3, 0.4) is 0 Å². The number of unbranched alkanes of at least 4 members (excludes halogenated alkanes) is 1. The highest BCUT2D eigenvalue weighted by Crippen LogP contribution is 2.17. The van der Waals surface area contributed by atoms with Crippen molar-refractivity contribution in [3.63, 3.8) is 0 Å². The molecule has 1 aromatic carbocycles. The number of hydrogen-bond donors (Lipinski definition) is 1. The lowest BCUT2D eigenvalue weighted by molar-refractivity contribution is 0.0947. The van der Waals surface area contributed by atoms with E-state index in [0.29, 0.717) is 17.1 Å². The molecule has 1 aromatic rings. The van der Waals surface area contributed by atoms with Crippen LogP contribution in [0.2, 0.25) is 0 Å². The zero-order valence-corrected chi connectivity index (χ0v) is 14.7. The second-order valence-electron chi connectivity index (χ2n) is 5.97. The molecule has 1 aliphatic heterocycles. The molecular weight excluding hydrogens is 347 g/mol. The molecule has 1 N–H and O–H groups in total. The van der Waals surface area contributed by atoms with Crippen LogP contribution >= 0.6 is 15.9 Å². The lowest BCUT2D eigenvalue weighted by Gasteiger charge is -2.33. The van der Waals surface area contributed by atoms with E-state index < -0.39 is 5.82 Å². The van der Waals surface area contributed by atoms with Crippen molar-refractivity contribution in [3.8, 4) is 0 Å². The van der Waals surface area contributed by atoms with E-state index in [9.17, 15) is 9.18 Å². The first-order chi connectivity index (χ1) is 10.6. The molecule has 3 nitrogen and oxygen atoms in total. The maximum absolute atomic E-state index is 13.6. The Hall–Kier alpha value is -0.940. The van der Waals surface area contributed by atoms with Crippen LogP contribution in [-0.4, -0.2) is 36.5 Å². The molecule has 1 saturated heterocycles. The fraction of sp³-hybridized carbons (Fsp3) is 0.588. The van der Waals surface area contributed by atoms with Gasteiger partial charge in [-0.2, -0.15) is 0 Å². The predicted molar refractivity (Wildman–Crippen MR) is 90.6 cm³/mol. The lowest BCUT2D eigenvalue weighted by atomic mass is 10.0. The van der Waals surface area contributed by atoms with E-state index in [1.807, 2.05) is 0 Å². The summed E-state index contributed by atoms with van der Waals surface area (Å²) < 4.78 is 14.3. The van der Waals surface area contributed by atoms with Crippen LogP contribution in [0, 0.1) is 5.82 Å². The molecule has 1 amide bonds. The van der Waals surface area contributed by atoms with Crippen LogP contribution in [0.15, 0.2) is 22.7 Å². The monoisotopic (exact) mass is 370 g/mol. The first-order valence-corrected chi connectivity index (χ1v) is 8.84. The van der Waals surface area contributed by atoms with Crippen molar-refractivity contribution >= 4 is 21.8 Å². The number of amides is 1. The molecule has 0 aliphatic carbocycles. The number of carbonyl (C=O) groups is 1. The van der Waals surface area contributed by atoms with Crippen LogP contribution in [0.25, 0.3) is 0 Å². The van der Waals surface area contributed by atoms with Gasteiger partial charge < -0.3 is 10.2 Å². The van der Waals surface area contributed by atoms with Crippen molar-refractivity contribution in [2.45, 2.75) is 45.1 Å². The van der Waals surface area contributed by atoms with Gasteiger partial charge in [0.05, 0.1) is 5.56 Å².